The summed E-state index contributed by atoms with van der Waals surface area (Å²) in [4.78, 5) is 17.6. The molecular formula is C14H20F2N4O. The molecule has 1 aromatic heterocycles. The third-order valence-corrected chi connectivity index (χ3v) is 3.39. The summed E-state index contributed by atoms with van der Waals surface area (Å²) in [7, 11) is 0. The van der Waals surface area contributed by atoms with Crippen molar-refractivity contribution < 1.29 is 13.6 Å². The van der Waals surface area contributed by atoms with E-state index < -0.39 is 11.6 Å². The van der Waals surface area contributed by atoms with Crippen molar-refractivity contribution in [3.05, 3.63) is 17.7 Å². The van der Waals surface area contributed by atoms with E-state index in [1.54, 1.807) is 11.8 Å². The number of anilines is 2. The van der Waals surface area contributed by atoms with Crippen LogP contribution in [0.2, 0.25) is 0 Å². The monoisotopic (exact) mass is 298 g/mol. The summed E-state index contributed by atoms with van der Waals surface area (Å²) in [6.07, 6.45) is 3.14. The van der Waals surface area contributed by atoms with Crippen molar-refractivity contribution in [2.75, 3.05) is 36.8 Å². The molecule has 2 N–H and O–H groups in total. The molecule has 0 aliphatic carbocycles. The van der Waals surface area contributed by atoms with E-state index in [9.17, 15) is 13.6 Å². The van der Waals surface area contributed by atoms with Gasteiger partial charge in [0.1, 0.15) is 0 Å². The number of nitrogens with one attached hydrogen (secondary N) is 2. The summed E-state index contributed by atoms with van der Waals surface area (Å²) in [5.74, 6) is -1.78. The van der Waals surface area contributed by atoms with Crippen LogP contribution in [0.15, 0.2) is 6.07 Å². The molecule has 0 saturated carbocycles. The van der Waals surface area contributed by atoms with Gasteiger partial charge < -0.3 is 15.5 Å². The number of halogens is 2. The fourth-order valence-corrected chi connectivity index (χ4v) is 2.30. The molecule has 0 spiro atoms. The molecule has 0 bridgehead atoms. The summed E-state index contributed by atoms with van der Waals surface area (Å²) < 4.78 is 27.1. The molecule has 0 unspecified atom stereocenters. The Kier molecular flexibility index (Phi) is 5.30. The van der Waals surface area contributed by atoms with Crippen LogP contribution in [0, 0.1) is 11.6 Å². The quantitative estimate of drug-likeness (QED) is 0.875. The van der Waals surface area contributed by atoms with Crippen LogP contribution < -0.4 is 10.6 Å². The van der Waals surface area contributed by atoms with E-state index in [1.807, 2.05) is 0 Å². The van der Waals surface area contributed by atoms with E-state index >= 15 is 0 Å². The van der Waals surface area contributed by atoms with Crippen molar-refractivity contribution in [3.63, 3.8) is 0 Å². The van der Waals surface area contributed by atoms with E-state index in [2.05, 4.69) is 15.6 Å². The van der Waals surface area contributed by atoms with E-state index in [0.717, 1.165) is 38.4 Å². The molecule has 1 aromatic rings. The van der Waals surface area contributed by atoms with Crippen molar-refractivity contribution in [1.29, 1.82) is 0 Å². The van der Waals surface area contributed by atoms with Gasteiger partial charge in [-0.3, -0.25) is 4.79 Å². The second-order valence-electron chi connectivity index (χ2n) is 4.97. The molecule has 2 heterocycles. The number of hydrogen-bond donors (Lipinski definition) is 2. The van der Waals surface area contributed by atoms with Crippen molar-refractivity contribution in [2.24, 2.45) is 0 Å². The first kappa shape index (κ1) is 15.5. The lowest BCUT2D eigenvalue weighted by atomic mass is 10.1. The highest BCUT2D eigenvalue weighted by atomic mass is 19.1. The summed E-state index contributed by atoms with van der Waals surface area (Å²) in [5, 5.41) is 5.36. The van der Waals surface area contributed by atoms with Gasteiger partial charge in [-0.15, -0.1) is 0 Å². The van der Waals surface area contributed by atoms with Gasteiger partial charge in [0.2, 0.25) is 5.91 Å². The normalized spacial score (nSPS) is 14.9. The van der Waals surface area contributed by atoms with E-state index in [1.165, 1.54) is 0 Å². The van der Waals surface area contributed by atoms with Crippen molar-refractivity contribution in [1.82, 2.24) is 9.88 Å². The van der Waals surface area contributed by atoms with Crippen LogP contribution >= 0.6 is 0 Å². The van der Waals surface area contributed by atoms with Crippen LogP contribution in [0.25, 0.3) is 0 Å². The Hall–Kier alpha value is -1.92. The second kappa shape index (κ2) is 7.19. The van der Waals surface area contributed by atoms with Crippen LogP contribution in [0.4, 0.5) is 20.4 Å². The third kappa shape index (κ3) is 4.03. The first-order valence-corrected chi connectivity index (χ1v) is 7.23. The van der Waals surface area contributed by atoms with Crippen molar-refractivity contribution in [3.8, 4) is 0 Å². The average molecular weight is 298 g/mol. The maximum Gasteiger partial charge on any atom is 0.241 e. The minimum Gasteiger partial charge on any atom is -0.368 e. The van der Waals surface area contributed by atoms with Gasteiger partial charge in [-0.05, 0) is 26.2 Å². The smallest absolute Gasteiger partial charge is 0.241 e. The Balaban J connectivity index is 1.98. The predicted octanol–water partition coefficient (Wildman–Crippen LogP) is 2.22. The fraction of sp³-hybridized carbons (Fsp3) is 0.571. The summed E-state index contributed by atoms with van der Waals surface area (Å²) >= 11 is 0. The fourth-order valence-electron chi connectivity index (χ4n) is 2.30. The van der Waals surface area contributed by atoms with E-state index in [4.69, 9.17) is 0 Å². The van der Waals surface area contributed by atoms with Crippen molar-refractivity contribution in [2.45, 2.75) is 26.2 Å². The number of nitrogens with zero attached hydrogens (tertiary/aromatic N) is 2. The second-order valence-corrected chi connectivity index (χ2v) is 4.97. The van der Waals surface area contributed by atoms with Gasteiger partial charge in [0, 0.05) is 25.7 Å². The topological polar surface area (TPSA) is 57.3 Å². The highest BCUT2D eigenvalue weighted by Gasteiger charge is 2.17. The maximum atomic E-state index is 13.6. The zero-order valence-corrected chi connectivity index (χ0v) is 12.1. The number of amides is 1. The number of piperidine rings is 1. The maximum absolute atomic E-state index is 13.6. The van der Waals surface area contributed by atoms with Crippen LogP contribution in [0.1, 0.15) is 26.2 Å². The molecule has 1 saturated heterocycles. The predicted molar refractivity (Wildman–Crippen MR) is 77.2 cm³/mol. The lowest BCUT2D eigenvalue weighted by Crippen LogP contribution is -2.39. The number of likely N-dealkylation sites (tertiary alicyclic amines) is 1. The summed E-state index contributed by atoms with van der Waals surface area (Å²) in [6.45, 7) is 3.70. The molecule has 116 valence electrons. The van der Waals surface area contributed by atoms with E-state index in [0.29, 0.717) is 6.54 Å². The standard InChI is InChI=1S/C14H20F2N4O/c1-2-17-13-10(15)8-11(16)14(19-13)18-9-12(21)20-6-4-3-5-7-20/h8H,2-7,9H2,1H3,(H2,17,18,19). The van der Waals surface area contributed by atoms with Gasteiger partial charge in [-0.25, -0.2) is 13.8 Å². The van der Waals surface area contributed by atoms with Gasteiger partial charge >= 0.3 is 0 Å². The van der Waals surface area contributed by atoms with Gasteiger partial charge in [0.15, 0.2) is 23.3 Å². The molecule has 1 fully saturated rings. The van der Waals surface area contributed by atoms with Gasteiger partial charge in [0.25, 0.3) is 0 Å². The van der Waals surface area contributed by atoms with Crippen LogP contribution in [0.5, 0.6) is 0 Å². The highest BCUT2D eigenvalue weighted by molar-refractivity contribution is 5.80. The lowest BCUT2D eigenvalue weighted by molar-refractivity contribution is -0.130. The SMILES string of the molecule is CCNc1nc(NCC(=O)N2CCCCC2)c(F)cc1F. The molecule has 2 rings (SSSR count). The molecule has 1 aliphatic rings. The Labute approximate surface area is 122 Å². The van der Waals surface area contributed by atoms with Gasteiger partial charge in [-0.1, -0.05) is 0 Å². The zero-order valence-electron chi connectivity index (χ0n) is 12.1. The first-order chi connectivity index (χ1) is 10.1. The number of rotatable bonds is 5. The van der Waals surface area contributed by atoms with Crippen LogP contribution in [0.3, 0.4) is 0 Å². The molecule has 0 atom stereocenters. The highest BCUT2D eigenvalue weighted by Crippen LogP contribution is 2.19. The number of pyridine rings is 1. The first-order valence-electron chi connectivity index (χ1n) is 7.23. The minimum atomic E-state index is -0.805. The number of carbonyl (C=O) groups excluding carboxylic acids is 1. The molecule has 7 heteroatoms. The summed E-state index contributed by atoms with van der Waals surface area (Å²) in [6, 6.07) is 0.763. The van der Waals surface area contributed by atoms with Crippen LogP contribution in [-0.4, -0.2) is 42.0 Å². The molecule has 5 nitrogen and oxygen atoms in total. The molecular weight excluding hydrogens is 278 g/mol. The van der Waals surface area contributed by atoms with E-state index in [-0.39, 0.29) is 24.1 Å². The van der Waals surface area contributed by atoms with Crippen molar-refractivity contribution >= 4 is 17.5 Å². The number of carbonyl (C=O) groups is 1. The Morgan fingerprint density at radius 1 is 1.19 bits per heavy atom. The minimum absolute atomic E-state index is 0.0215. The molecule has 0 aromatic carbocycles. The molecule has 21 heavy (non-hydrogen) atoms. The molecule has 1 amide bonds. The largest absolute Gasteiger partial charge is 0.368 e. The Morgan fingerprint density at radius 2 is 1.81 bits per heavy atom. The summed E-state index contributed by atoms with van der Waals surface area (Å²) in [5.41, 5.74) is 0. The number of hydrogen-bond acceptors (Lipinski definition) is 4. The van der Waals surface area contributed by atoms with Gasteiger partial charge in [-0.2, -0.15) is 0 Å². The average Bonchev–Trinajstić information content (AvgIpc) is 2.49. The van der Waals surface area contributed by atoms with Gasteiger partial charge in [0.05, 0.1) is 6.54 Å². The Morgan fingerprint density at radius 3 is 2.43 bits per heavy atom. The lowest BCUT2D eigenvalue weighted by Gasteiger charge is -2.26. The Bertz CT molecular complexity index is 504. The number of aromatic nitrogens is 1. The van der Waals surface area contributed by atoms with Crippen LogP contribution in [-0.2, 0) is 4.79 Å². The molecule has 0 radical (unpaired) electrons. The molecule has 1 aliphatic heterocycles. The zero-order chi connectivity index (χ0) is 15.2. The third-order valence-electron chi connectivity index (χ3n) is 3.39.